The van der Waals surface area contributed by atoms with Crippen molar-refractivity contribution in [2.24, 2.45) is 5.92 Å². The van der Waals surface area contributed by atoms with Gasteiger partial charge in [0.1, 0.15) is 5.69 Å². The van der Waals surface area contributed by atoms with Gasteiger partial charge in [-0.3, -0.25) is 4.79 Å². The third kappa shape index (κ3) is 3.61. The fraction of sp³-hybridized carbons (Fsp3) is 0.500. The molecule has 3 heterocycles. The first-order chi connectivity index (χ1) is 15.3. The van der Waals surface area contributed by atoms with Gasteiger partial charge in [0.2, 0.25) is 11.9 Å². The number of benzene rings is 1. The Morgan fingerprint density at radius 2 is 1.97 bits per heavy atom. The monoisotopic (exact) mass is 448 g/mol. The Labute approximate surface area is 182 Å². The number of hydrogen-bond acceptors (Lipinski definition) is 6. The van der Waals surface area contributed by atoms with E-state index < -0.39 is 17.3 Å². The number of carbonyl (C=O) groups excluding carboxylic acids is 1. The predicted octanol–water partition coefficient (Wildman–Crippen LogP) is 3.78. The van der Waals surface area contributed by atoms with Crippen molar-refractivity contribution >= 4 is 17.5 Å². The van der Waals surface area contributed by atoms with Crippen molar-refractivity contribution in [3.05, 3.63) is 35.7 Å². The second-order valence-electron chi connectivity index (χ2n) is 8.57. The van der Waals surface area contributed by atoms with E-state index in [4.69, 9.17) is 9.47 Å². The molecule has 7 nitrogen and oxygen atoms in total. The second kappa shape index (κ2) is 7.53. The third-order valence-corrected chi connectivity index (χ3v) is 6.51. The highest BCUT2D eigenvalue weighted by molar-refractivity contribution is 6.07. The Bertz CT molecular complexity index is 1050. The molecule has 10 heteroatoms. The van der Waals surface area contributed by atoms with Gasteiger partial charge in [-0.25, -0.2) is 9.97 Å². The van der Waals surface area contributed by atoms with E-state index in [1.54, 1.807) is 12.0 Å². The predicted molar refractivity (Wildman–Crippen MR) is 110 cm³/mol. The number of amides is 1. The van der Waals surface area contributed by atoms with Crippen molar-refractivity contribution in [3.63, 3.8) is 0 Å². The molecule has 2 aromatic rings. The summed E-state index contributed by atoms with van der Waals surface area (Å²) < 4.78 is 50.5. The number of methoxy groups -OCH3 is 1. The van der Waals surface area contributed by atoms with Crippen LogP contribution in [0.3, 0.4) is 0 Å². The number of alkyl halides is 3. The zero-order valence-corrected chi connectivity index (χ0v) is 17.5. The quantitative estimate of drug-likeness (QED) is 0.750. The van der Waals surface area contributed by atoms with Gasteiger partial charge in [-0.05, 0) is 49.3 Å². The van der Waals surface area contributed by atoms with Crippen LogP contribution in [-0.4, -0.2) is 42.7 Å². The van der Waals surface area contributed by atoms with Crippen molar-refractivity contribution in [3.8, 4) is 11.5 Å². The average Bonchev–Trinajstić information content (AvgIpc) is 3.58. The van der Waals surface area contributed by atoms with E-state index in [0.29, 0.717) is 55.6 Å². The number of nitrogens with zero attached hydrogens (tertiary/aromatic N) is 3. The number of carbonyl (C=O) groups is 1. The molecule has 1 N–H and O–H groups in total. The molecule has 1 saturated carbocycles. The number of halogens is 3. The number of rotatable bonds is 5. The van der Waals surface area contributed by atoms with Crippen LogP contribution in [0.1, 0.15) is 36.9 Å². The van der Waals surface area contributed by atoms with Gasteiger partial charge in [-0.2, -0.15) is 13.2 Å². The molecule has 1 spiro atoms. The van der Waals surface area contributed by atoms with Crippen molar-refractivity contribution in [1.82, 2.24) is 9.97 Å². The average molecular weight is 448 g/mol. The van der Waals surface area contributed by atoms with Crippen LogP contribution in [0.4, 0.5) is 24.8 Å². The molecule has 0 radical (unpaired) electrons. The number of aromatic nitrogens is 2. The molecule has 1 saturated heterocycles. The van der Waals surface area contributed by atoms with Crippen LogP contribution in [0.5, 0.6) is 11.5 Å². The summed E-state index contributed by atoms with van der Waals surface area (Å²) in [4.78, 5) is 22.4. The third-order valence-electron chi connectivity index (χ3n) is 6.51. The number of fused-ring (bicyclic) bond motifs is 2. The molecule has 1 aromatic carbocycles. The van der Waals surface area contributed by atoms with E-state index >= 15 is 0 Å². The summed E-state index contributed by atoms with van der Waals surface area (Å²) in [5.41, 5.74) is -0.209. The molecule has 32 heavy (non-hydrogen) atoms. The highest BCUT2D eigenvalue weighted by Crippen LogP contribution is 2.49. The van der Waals surface area contributed by atoms with Crippen molar-refractivity contribution in [1.29, 1.82) is 0 Å². The molecule has 0 atom stereocenters. The standard InChI is InChI=1S/C22H23F3N4O3/c1-31-16-10-14-15(11-17(16)32-12-13-2-3-13)27-19(30)21(14)5-8-29(9-6-21)20-26-7-4-18(28-20)22(23,24)25/h4,7,10-11,13H,2-3,5-6,8-9,12H2,1H3,(H,27,30). The minimum absolute atomic E-state index is 0.0229. The summed E-state index contributed by atoms with van der Waals surface area (Å²) in [6.45, 7) is 1.34. The zero-order chi connectivity index (χ0) is 22.5. The lowest BCUT2D eigenvalue weighted by Crippen LogP contribution is -2.47. The first-order valence-corrected chi connectivity index (χ1v) is 10.6. The van der Waals surface area contributed by atoms with Crippen LogP contribution >= 0.6 is 0 Å². The van der Waals surface area contributed by atoms with Crippen molar-refractivity contribution in [2.45, 2.75) is 37.3 Å². The van der Waals surface area contributed by atoms with Gasteiger partial charge in [-0.15, -0.1) is 0 Å². The number of ether oxygens (including phenoxy) is 2. The second-order valence-corrected chi connectivity index (χ2v) is 8.57. The molecule has 3 aliphatic rings. The van der Waals surface area contributed by atoms with Crippen molar-refractivity contribution < 1.29 is 27.4 Å². The van der Waals surface area contributed by atoms with Gasteiger partial charge in [0.15, 0.2) is 11.5 Å². The van der Waals surface area contributed by atoms with Gasteiger partial charge in [0.05, 0.1) is 19.1 Å². The van der Waals surface area contributed by atoms with Crippen LogP contribution in [0.15, 0.2) is 24.4 Å². The van der Waals surface area contributed by atoms with Gasteiger partial charge >= 0.3 is 6.18 Å². The summed E-state index contributed by atoms with van der Waals surface area (Å²) in [5, 5.41) is 2.96. The summed E-state index contributed by atoms with van der Waals surface area (Å²) in [6.07, 6.45) is -0.234. The minimum atomic E-state index is -4.53. The maximum atomic E-state index is 13.0. The fourth-order valence-electron chi connectivity index (χ4n) is 4.43. The SMILES string of the molecule is COc1cc2c(cc1OCC1CC1)NC(=O)C21CCN(c2nccc(C(F)(F)F)n2)CC1. The number of anilines is 2. The smallest absolute Gasteiger partial charge is 0.433 e. The van der Waals surface area contributed by atoms with Crippen LogP contribution in [-0.2, 0) is 16.4 Å². The number of hydrogen-bond donors (Lipinski definition) is 1. The zero-order valence-electron chi connectivity index (χ0n) is 17.5. The highest BCUT2D eigenvalue weighted by Gasteiger charge is 2.49. The molecule has 2 aliphatic heterocycles. The first-order valence-electron chi connectivity index (χ1n) is 10.6. The molecular weight excluding hydrogens is 425 g/mol. The lowest BCUT2D eigenvalue weighted by molar-refractivity contribution is -0.141. The lowest BCUT2D eigenvalue weighted by atomic mass is 9.73. The summed E-state index contributed by atoms with van der Waals surface area (Å²) in [5.74, 6) is 1.67. The molecule has 0 unspecified atom stereocenters. The molecule has 1 amide bonds. The Hall–Kier alpha value is -3.04. The van der Waals surface area contributed by atoms with Crippen LogP contribution in [0.2, 0.25) is 0 Å². The highest BCUT2D eigenvalue weighted by atomic mass is 19.4. The van der Waals surface area contributed by atoms with Crippen molar-refractivity contribution in [2.75, 3.05) is 37.0 Å². The molecule has 1 aliphatic carbocycles. The fourth-order valence-corrected chi connectivity index (χ4v) is 4.43. The van der Waals surface area contributed by atoms with Crippen LogP contribution in [0.25, 0.3) is 0 Å². The van der Waals surface area contributed by atoms with Gasteiger partial charge in [-0.1, -0.05) is 0 Å². The van der Waals surface area contributed by atoms with Gasteiger partial charge in [0.25, 0.3) is 0 Å². The molecule has 2 fully saturated rings. The Balaban J connectivity index is 1.38. The van der Waals surface area contributed by atoms with E-state index in [-0.39, 0.29) is 11.9 Å². The minimum Gasteiger partial charge on any atom is -0.493 e. The van der Waals surface area contributed by atoms with Crippen LogP contribution < -0.4 is 19.7 Å². The van der Waals surface area contributed by atoms with E-state index in [1.807, 2.05) is 12.1 Å². The first kappa shape index (κ1) is 20.8. The van der Waals surface area contributed by atoms with Crippen LogP contribution in [0, 0.1) is 5.92 Å². The van der Waals surface area contributed by atoms with E-state index in [2.05, 4.69) is 15.3 Å². The number of piperidine rings is 1. The van der Waals surface area contributed by atoms with E-state index in [1.165, 1.54) is 12.8 Å². The Morgan fingerprint density at radius 3 is 2.62 bits per heavy atom. The molecule has 0 bridgehead atoms. The molecule has 1 aromatic heterocycles. The largest absolute Gasteiger partial charge is 0.493 e. The number of nitrogens with one attached hydrogen (secondary N) is 1. The van der Waals surface area contributed by atoms with E-state index in [9.17, 15) is 18.0 Å². The van der Waals surface area contributed by atoms with E-state index in [0.717, 1.165) is 17.8 Å². The molecular formula is C22H23F3N4O3. The Morgan fingerprint density at radius 1 is 1.22 bits per heavy atom. The maximum absolute atomic E-state index is 13.0. The summed E-state index contributed by atoms with van der Waals surface area (Å²) in [6, 6.07) is 4.52. The molecule has 170 valence electrons. The Kier molecular flexibility index (Phi) is 4.90. The summed E-state index contributed by atoms with van der Waals surface area (Å²) >= 11 is 0. The van der Waals surface area contributed by atoms with Gasteiger partial charge < -0.3 is 19.7 Å². The summed E-state index contributed by atoms with van der Waals surface area (Å²) in [7, 11) is 1.57. The topological polar surface area (TPSA) is 76.6 Å². The van der Waals surface area contributed by atoms with Gasteiger partial charge in [0, 0.05) is 31.0 Å². The normalized spacial score (nSPS) is 19.6. The maximum Gasteiger partial charge on any atom is 0.433 e. The lowest BCUT2D eigenvalue weighted by Gasteiger charge is -2.38. The molecule has 5 rings (SSSR count).